The van der Waals surface area contributed by atoms with Gasteiger partial charge in [-0.2, -0.15) is 5.10 Å². The molecule has 0 saturated heterocycles. The zero-order valence-corrected chi connectivity index (χ0v) is 11.7. The van der Waals surface area contributed by atoms with Gasteiger partial charge in [0.05, 0.1) is 0 Å². The number of carbonyl (C=O) groups excluding carboxylic acids is 1. The van der Waals surface area contributed by atoms with Gasteiger partial charge in [-0.05, 0) is 24.6 Å². The first-order chi connectivity index (χ1) is 9.66. The molecule has 2 rings (SSSR count). The van der Waals surface area contributed by atoms with Gasteiger partial charge in [-0.3, -0.25) is 9.48 Å². The van der Waals surface area contributed by atoms with E-state index in [9.17, 15) is 4.79 Å². The number of aryl methyl sites for hydroxylation is 1. The molecule has 7 nitrogen and oxygen atoms in total. The summed E-state index contributed by atoms with van der Waals surface area (Å²) >= 11 is 0. The van der Waals surface area contributed by atoms with Gasteiger partial charge in [-0.1, -0.05) is 0 Å². The Kier molecular flexibility index (Phi) is 4.65. The van der Waals surface area contributed by atoms with Crippen molar-refractivity contribution in [3.8, 4) is 0 Å². The van der Waals surface area contributed by atoms with Crippen LogP contribution >= 0.6 is 0 Å². The lowest BCUT2D eigenvalue weighted by molar-refractivity contribution is 0.0821. The summed E-state index contributed by atoms with van der Waals surface area (Å²) in [4.78, 5) is 13.1. The molecule has 0 aliphatic heterocycles. The molecule has 2 aromatic rings. The summed E-state index contributed by atoms with van der Waals surface area (Å²) in [6, 6.07) is 5.34. The van der Waals surface area contributed by atoms with Crippen LogP contribution in [0.15, 0.2) is 30.6 Å². The summed E-state index contributed by atoms with van der Waals surface area (Å²) in [7, 11) is 3.37. The van der Waals surface area contributed by atoms with Crippen LogP contribution in [0.25, 0.3) is 0 Å². The number of carbonyl (C=O) groups is 1. The van der Waals surface area contributed by atoms with E-state index in [1.807, 2.05) is 16.9 Å². The van der Waals surface area contributed by atoms with Crippen molar-refractivity contribution in [2.45, 2.75) is 13.0 Å². The Morgan fingerprint density at radius 3 is 2.80 bits per heavy atom. The first kappa shape index (κ1) is 14.0. The number of nitrogens with one attached hydrogen (secondary N) is 1. The Morgan fingerprint density at radius 2 is 2.20 bits per heavy atom. The first-order valence-corrected chi connectivity index (χ1v) is 6.43. The minimum Gasteiger partial charge on any atom is -0.369 e. The Morgan fingerprint density at radius 1 is 1.35 bits per heavy atom. The van der Waals surface area contributed by atoms with Crippen molar-refractivity contribution in [2.24, 2.45) is 0 Å². The van der Waals surface area contributed by atoms with Crippen LogP contribution in [-0.2, 0) is 6.54 Å². The molecule has 0 unspecified atom stereocenters. The van der Waals surface area contributed by atoms with E-state index >= 15 is 0 Å². The van der Waals surface area contributed by atoms with Crippen LogP contribution in [0.4, 0.5) is 5.82 Å². The molecule has 0 aromatic carbocycles. The monoisotopic (exact) mass is 274 g/mol. The fourth-order valence-electron chi connectivity index (χ4n) is 1.66. The zero-order chi connectivity index (χ0) is 14.4. The second kappa shape index (κ2) is 6.65. The van der Waals surface area contributed by atoms with Gasteiger partial charge in [-0.15, -0.1) is 10.2 Å². The summed E-state index contributed by atoms with van der Waals surface area (Å²) in [6.45, 7) is 1.63. The van der Waals surface area contributed by atoms with Crippen molar-refractivity contribution in [1.29, 1.82) is 0 Å². The Hall–Kier alpha value is -2.44. The molecule has 0 saturated carbocycles. The number of rotatable bonds is 6. The highest BCUT2D eigenvalue weighted by molar-refractivity contribution is 5.91. The average molecular weight is 274 g/mol. The average Bonchev–Trinajstić information content (AvgIpc) is 2.96. The van der Waals surface area contributed by atoms with E-state index in [0.717, 1.165) is 19.5 Å². The molecule has 0 spiro atoms. The predicted octanol–water partition coefficient (Wildman–Crippen LogP) is 0.877. The number of nitrogens with zero attached hydrogens (tertiary/aromatic N) is 5. The molecule has 0 bridgehead atoms. The fourth-order valence-corrected chi connectivity index (χ4v) is 1.66. The SMILES string of the molecule is CN(C)C(=O)c1ccc(NCCCn2cccn2)nn1. The topological polar surface area (TPSA) is 75.9 Å². The molecule has 0 aliphatic carbocycles. The smallest absolute Gasteiger partial charge is 0.273 e. The maximum Gasteiger partial charge on any atom is 0.273 e. The van der Waals surface area contributed by atoms with E-state index in [1.54, 1.807) is 32.4 Å². The largest absolute Gasteiger partial charge is 0.369 e. The third-order valence-electron chi connectivity index (χ3n) is 2.72. The van der Waals surface area contributed by atoms with Gasteiger partial charge >= 0.3 is 0 Å². The molecular weight excluding hydrogens is 256 g/mol. The van der Waals surface area contributed by atoms with Crippen LogP contribution in [0.5, 0.6) is 0 Å². The Bertz CT molecular complexity index is 534. The summed E-state index contributed by atoms with van der Waals surface area (Å²) in [5.74, 6) is 0.517. The van der Waals surface area contributed by atoms with Crippen molar-refractivity contribution in [3.05, 3.63) is 36.3 Å². The molecule has 0 atom stereocenters. The maximum atomic E-state index is 11.6. The van der Waals surface area contributed by atoms with Crippen molar-refractivity contribution in [1.82, 2.24) is 24.9 Å². The lowest BCUT2D eigenvalue weighted by Crippen LogP contribution is -2.23. The second-order valence-corrected chi connectivity index (χ2v) is 4.55. The van der Waals surface area contributed by atoms with Crippen molar-refractivity contribution in [2.75, 3.05) is 26.0 Å². The van der Waals surface area contributed by atoms with Crippen molar-refractivity contribution >= 4 is 11.7 Å². The van der Waals surface area contributed by atoms with Crippen molar-refractivity contribution in [3.63, 3.8) is 0 Å². The maximum absolute atomic E-state index is 11.6. The summed E-state index contributed by atoms with van der Waals surface area (Å²) in [5, 5.41) is 15.2. The lowest BCUT2D eigenvalue weighted by atomic mass is 10.3. The van der Waals surface area contributed by atoms with Crippen LogP contribution in [0, 0.1) is 0 Å². The van der Waals surface area contributed by atoms with Gasteiger partial charge in [-0.25, -0.2) is 0 Å². The Labute approximate surface area is 117 Å². The van der Waals surface area contributed by atoms with Gasteiger partial charge in [0.15, 0.2) is 5.69 Å². The molecular formula is C13H18N6O. The number of aromatic nitrogens is 4. The van der Waals surface area contributed by atoms with Gasteiger partial charge in [0.2, 0.25) is 0 Å². The molecule has 20 heavy (non-hydrogen) atoms. The van der Waals surface area contributed by atoms with E-state index in [2.05, 4.69) is 20.6 Å². The first-order valence-electron chi connectivity index (χ1n) is 6.43. The molecule has 7 heteroatoms. The van der Waals surface area contributed by atoms with Gasteiger partial charge in [0.1, 0.15) is 5.82 Å². The number of anilines is 1. The predicted molar refractivity (Wildman–Crippen MR) is 75.4 cm³/mol. The minimum absolute atomic E-state index is 0.150. The molecule has 0 radical (unpaired) electrons. The fraction of sp³-hybridized carbons (Fsp3) is 0.385. The van der Waals surface area contributed by atoms with E-state index < -0.39 is 0 Å². The number of amides is 1. The highest BCUT2D eigenvalue weighted by atomic mass is 16.2. The molecule has 2 aromatic heterocycles. The highest BCUT2D eigenvalue weighted by Gasteiger charge is 2.09. The van der Waals surface area contributed by atoms with Crippen LogP contribution in [0.2, 0.25) is 0 Å². The third-order valence-corrected chi connectivity index (χ3v) is 2.72. The molecule has 2 heterocycles. The second-order valence-electron chi connectivity index (χ2n) is 4.55. The highest BCUT2D eigenvalue weighted by Crippen LogP contribution is 2.04. The number of hydrogen-bond donors (Lipinski definition) is 1. The normalized spacial score (nSPS) is 10.3. The van der Waals surface area contributed by atoms with Crippen LogP contribution in [-0.4, -0.2) is 51.4 Å². The van der Waals surface area contributed by atoms with Crippen molar-refractivity contribution < 1.29 is 4.79 Å². The summed E-state index contributed by atoms with van der Waals surface area (Å²) in [5.41, 5.74) is 0.345. The van der Waals surface area contributed by atoms with Gasteiger partial charge in [0.25, 0.3) is 5.91 Å². The minimum atomic E-state index is -0.150. The molecule has 0 fully saturated rings. The van der Waals surface area contributed by atoms with E-state index in [-0.39, 0.29) is 5.91 Å². The van der Waals surface area contributed by atoms with Gasteiger partial charge in [0, 0.05) is 39.6 Å². The molecule has 1 N–H and O–H groups in total. The standard InChI is InChI=1S/C13H18N6O/c1-18(2)13(20)11-5-6-12(17-16-11)14-7-3-9-19-10-4-8-15-19/h4-6,8,10H,3,7,9H2,1-2H3,(H,14,17). The molecule has 106 valence electrons. The van der Waals surface area contributed by atoms with E-state index in [4.69, 9.17) is 0 Å². The van der Waals surface area contributed by atoms with Crippen LogP contribution < -0.4 is 5.32 Å². The quantitative estimate of drug-likeness (QED) is 0.791. The zero-order valence-electron chi connectivity index (χ0n) is 11.7. The van der Waals surface area contributed by atoms with Crippen LogP contribution in [0.1, 0.15) is 16.9 Å². The molecule has 1 amide bonds. The summed E-state index contributed by atoms with van der Waals surface area (Å²) in [6.07, 6.45) is 4.63. The van der Waals surface area contributed by atoms with E-state index in [1.165, 1.54) is 4.90 Å². The molecule has 0 aliphatic rings. The lowest BCUT2D eigenvalue weighted by Gasteiger charge is -2.09. The number of hydrogen-bond acceptors (Lipinski definition) is 5. The van der Waals surface area contributed by atoms with Crippen LogP contribution in [0.3, 0.4) is 0 Å². The Balaban J connectivity index is 1.77. The third kappa shape index (κ3) is 3.78. The van der Waals surface area contributed by atoms with Gasteiger partial charge < -0.3 is 10.2 Å². The van der Waals surface area contributed by atoms with E-state index in [0.29, 0.717) is 11.5 Å². The summed E-state index contributed by atoms with van der Waals surface area (Å²) < 4.78 is 1.88.